The highest BCUT2D eigenvalue weighted by atomic mass is 32.2. The Kier molecular flexibility index (Phi) is 4.66. The normalized spacial score (nSPS) is 16.2. The fourth-order valence-electron chi connectivity index (χ4n) is 2.56. The van der Waals surface area contributed by atoms with E-state index in [4.69, 9.17) is 0 Å². The Hall–Kier alpha value is -2.28. The SMILES string of the molecule is CS(=O)c1ccc(C(=O)N2CCN(c3cnccn3)CC2)cc1. The molecule has 1 aromatic heterocycles. The van der Waals surface area contributed by atoms with Crippen LogP contribution in [0.3, 0.4) is 0 Å². The molecule has 2 heterocycles. The number of aromatic nitrogens is 2. The first kappa shape index (κ1) is 15.6. The van der Waals surface area contributed by atoms with Gasteiger partial charge in [-0.05, 0) is 24.3 Å². The summed E-state index contributed by atoms with van der Waals surface area (Å²) in [7, 11) is -1.03. The quantitative estimate of drug-likeness (QED) is 0.845. The van der Waals surface area contributed by atoms with Gasteiger partial charge in [-0.1, -0.05) is 0 Å². The molecule has 0 aliphatic carbocycles. The Morgan fingerprint density at radius 1 is 1.09 bits per heavy atom. The molecular weight excluding hydrogens is 312 g/mol. The lowest BCUT2D eigenvalue weighted by molar-refractivity contribution is 0.0746. The smallest absolute Gasteiger partial charge is 0.253 e. The van der Waals surface area contributed by atoms with Crippen molar-refractivity contribution in [3.8, 4) is 0 Å². The number of carbonyl (C=O) groups excluding carboxylic acids is 1. The Bertz CT molecular complexity index is 698. The van der Waals surface area contributed by atoms with Crippen molar-refractivity contribution in [1.82, 2.24) is 14.9 Å². The van der Waals surface area contributed by atoms with Gasteiger partial charge in [-0.25, -0.2) is 4.98 Å². The van der Waals surface area contributed by atoms with Gasteiger partial charge in [0.1, 0.15) is 5.82 Å². The van der Waals surface area contributed by atoms with Crippen molar-refractivity contribution < 1.29 is 9.00 Å². The van der Waals surface area contributed by atoms with Crippen LogP contribution in [-0.2, 0) is 10.8 Å². The van der Waals surface area contributed by atoms with Crippen LogP contribution in [0.15, 0.2) is 47.8 Å². The zero-order valence-corrected chi connectivity index (χ0v) is 13.7. The number of amides is 1. The maximum atomic E-state index is 12.5. The lowest BCUT2D eigenvalue weighted by Gasteiger charge is -2.35. The van der Waals surface area contributed by atoms with E-state index in [1.807, 2.05) is 4.90 Å². The summed E-state index contributed by atoms with van der Waals surface area (Å²) in [5.74, 6) is 0.853. The summed E-state index contributed by atoms with van der Waals surface area (Å²) >= 11 is 0. The number of benzene rings is 1. The van der Waals surface area contributed by atoms with Crippen molar-refractivity contribution in [3.63, 3.8) is 0 Å². The van der Waals surface area contributed by atoms with Gasteiger partial charge in [0.2, 0.25) is 0 Å². The molecule has 120 valence electrons. The number of anilines is 1. The van der Waals surface area contributed by atoms with E-state index >= 15 is 0 Å². The van der Waals surface area contributed by atoms with Gasteiger partial charge in [0.25, 0.3) is 5.91 Å². The summed E-state index contributed by atoms with van der Waals surface area (Å²) in [4.78, 5) is 25.6. The van der Waals surface area contributed by atoms with Gasteiger partial charge in [0.05, 0.1) is 6.20 Å². The van der Waals surface area contributed by atoms with Crippen molar-refractivity contribution in [3.05, 3.63) is 48.4 Å². The average Bonchev–Trinajstić information content (AvgIpc) is 2.62. The van der Waals surface area contributed by atoms with E-state index in [9.17, 15) is 9.00 Å². The Balaban J connectivity index is 1.63. The molecular formula is C16H18N4O2S. The fourth-order valence-corrected chi connectivity index (χ4v) is 3.08. The van der Waals surface area contributed by atoms with E-state index in [0.717, 1.165) is 23.8 Å². The molecule has 6 nitrogen and oxygen atoms in total. The number of nitrogens with zero attached hydrogens (tertiary/aromatic N) is 4. The number of piperazine rings is 1. The molecule has 0 radical (unpaired) electrons. The van der Waals surface area contributed by atoms with Gasteiger partial charge in [-0.3, -0.25) is 14.0 Å². The Morgan fingerprint density at radius 2 is 1.78 bits per heavy atom. The van der Waals surface area contributed by atoms with Crippen molar-refractivity contribution in [2.24, 2.45) is 0 Å². The number of carbonyl (C=O) groups is 1. The minimum atomic E-state index is -1.03. The molecule has 0 spiro atoms. The molecule has 1 saturated heterocycles. The predicted molar refractivity (Wildman–Crippen MR) is 88.9 cm³/mol. The van der Waals surface area contributed by atoms with Crippen LogP contribution in [0, 0.1) is 0 Å². The van der Waals surface area contributed by atoms with Crippen LogP contribution in [0.4, 0.5) is 5.82 Å². The molecule has 1 aliphatic rings. The van der Waals surface area contributed by atoms with E-state index in [0.29, 0.717) is 18.7 Å². The third-order valence-corrected chi connectivity index (χ3v) is 4.81. The van der Waals surface area contributed by atoms with Gasteiger partial charge in [0.15, 0.2) is 0 Å². The maximum Gasteiger partial charge on any atom is 0.253 e. The molecule has 1 amide bonds. The van der Waals surface area contributed by atoms with Crippen LogP contribution in [0.5, 0.6) is 0 Å². The Morgan fingerprint density at radius 3 is 2.35 bits per heavy atom. The van der Waals surface area contributed by atoms with Crippen molar-refractivity contribution in [2.45, 2.75) is 4.90 Å². The lowest BCUT2D eigenvalue weighted by atomic mass is 10.2. The van der Waals surface area contributed by atoms with E-state index in [1.54, 1.807) is 49.1 Å². The first-order chi connectivity index (χ1) is 11.1. The highest BCUT2D eigenvalue weighted by molar-refractivity contribution is 7.84. The number of hydrogen-bond donors (Lipinski definition) is 0. The van der Waals surface area contributed by atoms with E-state index in [-0.39, 0.29) is 5.91 Å². The van der Waals surface area contributed by atoms with Crippen molar-refractivity contribution in [2.75, 3.05) is 37.3 Å². The van der Waals surface area contributed by atoms with Crippen LogP contribution in [0.1, 0.15) is 10.4 Å². The fraction of sp³-hybridized carbons (Fsp3) is 0.312. The highest BCUT2D eigenvalue weighted by Gasteiger charge is 2.22. The second-order valence-electron chi connectivity index (χ2n) is 5.32. The van der Waals surface area contributed by atoms with Gasteiger partial charge in [-0.2, -0.15) is 0 Å². The van der Waals surface area contributed by atoms with E-state index in [2.05, 4.69) is 14.9 Å². The standard InChI is InChI=1S/C16H18N4O2S/c1-23(22)14-4-2-13(3-5-14)16(21)20-10-8-19(9-11-20)15-12-17-6-7-18-15/h2-7,12H,8-11H2,1H3. The topological polar surface area (TPSA) is 66.4 Å². The third-order valence-electron chi connectivity index (χ3n) is 3.87. The predicted octanol–water partition coefficient (Wildman–Crippen LogP) is 1.18. The van der Waals surface area contributed by atoms with Crippen molar-refractivity contribution >= 4 is 22.5 Å². The summed E-state index contributed by atoms with van der Waals surface area (Å²) in [5, 5.41) is 0. The van der Waals surface area contributed by atoms with Crippen LogP contribution in [0.2, 0.25) is 0 Å². The summed E-state index contributed by atoms with van der Waals surface area (Å²) in [6, 6.07) is 6.99. The summed E-state index contributed by atoms with van der Waals surface area (Å²) in [5.41, 5.74) is 0.632. The van der Waals surface area contributed by atoms with Crippen LogP contribution in [0.25, 0.3) is 0 Å². The number of hydrogen-bond acceptors (Lipinski definition) is 5. The minimum absolute atomic E-state index is 0.0113. The van der Waals surface area contributed by atoms with E-state index < -0.39 is 10.8 Å². The first-order valence-electron chi connectivity index (χ1n) is 7.39. The number of rotatable bonds is 3. The molecule has 1 aliphatic heterocycles. The third kappa shape index (κ3) is 3.56. The molecule has 2 aromatic rings. The molecule has 1 atom stereocenters. The minimum Gasteiger partial charge on any atom is -0.352 e. The molecule has 3 rings (SSSR count). The van der Waals surface area contributed by atoms with Crippen LogP contribution >= 0.6 is 0 Å². The zero-order valence-electron chi connectivity index (χ0n) is 12.9. The largest absolute Gasteiger partial charge is 0.352 e. The molecule has 0 N–H and O–H groups in total. The van der Waals surface area contributed by atoms with Crippen LogP contribution < -0.4 is 4.90 Å². The second-order valence-corrected chi connectivity index (χ2v) is 6.70. The molecule has 1 aromatic carbocycles. The highest BCUT2D eigenvalue weighted by Crippen LogP contribution is 2.15. The maximum absolute atomic E-state index is 12.5. The average molecular weight is 330 g/mol. The molecule has 23 heavy (non-hydrogen) atoms. The summed E-state index contributed by atoms with van der Waals surface area (Å²) in [6.45, 7) is 2.77. The van der Waals surface area contributed by atoms with E-state index in [1.165, 1.54) is 0 Å². The Labute approximate surface area is 137 Å². The monoisotopic (exact) mass is 330 g/mol. The molecule has 1 unspecified atom stereocenters. The van der Waals surface area contributed by atoms with Gasteiger partial charge >= 0.3 is 0 Å². The summed E-state index contributed by atoms with van der Waals surface area (Å²) in [6.07, 6.45) is 6.69. The molecule has 0 bridgehead atoms. The lowest BCUT2D eigenvalue weighted by Crippen LogP contribution is -2.49. The summed E-state index contributed by atoms with van der Waals surface area (Å²) < 4.78 is 11.4. The molecule has 0 saturated carbocycles. The first-order valence-corrected chi connectivity index (χ1v) is 8.94. The van der Waals surface area contributed by atoms with Gasteiger partial charge in [-0.15, -0.1) is 0 Å². The van der Waals surface area contributed by atoms with Gasteiger partial charge in [0, 0.05) is 66.1 Å². The van der Waals surface area contributed by atoms with Crippen molar-refractivity contribution in [1.29, 1.82) is 0 Å². The zero-order chi connectivity index (χ0) is 16.2. The van der Waals surface area contributed by atoms with Gasteiger partial charge < -0.3 is 9.80 Å². The second kappa shape index (κ2) is 6.87. The van der Waals surface area contributed by atoms with Crippen LogP contribution in [-0.4, -0.2) is 57.4 Å². The molecule has 1 fully saturated rings. The molecule has 7 heteroatoms.